The minimum atomic E-state index is -0.245. The van der Waals surface area contributed by atoms with Crippen molar-refractivity contribution in [2.24, 2.45) is 5.92 Å². The van der Waals surface area contributed by atoms with Gasteiger partial charge in [0.25, 0.3) is 0 Å². The number of carbonyl (C=O) groups excluding carboxylic acids is 1. The maximum atomic E-state index is 12.1. The lowest BCUT2D eigenvalue weighted by Crippen LogP contribution is -2.18. The van der Waals surface area contributed by atoms with E-state index in [1.54, 1.807) is 0 Å². The number of carbonyl (C=O) groups is 1. The van der Waals surface area contributed by atoms with E-state index in [0.717, 1.165) is 16.5 Å². The van der Waals surface area contributed by atoms with Crippen LogP contribution in [0.4, 0.5) is 5.69 Å². The molecule has 2 N–H and O–H groups in total. The van der Waals surface area contributed by atoms with Crippen LogP contribution in [0.15, 0.2) is 22.7 Å². The number of nitrogen functional groups attached to an aromatic ring is 1. The van der Waals surface area contributed by atoms with Gasteiger partial charge < -0.3 is 10.5 Å². The molecule has 4 heteroatoms. The molecule has 1 aromatic rings. The SMILES string of the molecule is COC(=O)C(CC1CCCC1)c1cc(Br)ccc1N. The normalized spacial score (nSPS) is 17.4. The second-order valence-electron chi connectivity index (χ2n) is 5.24. The first-order valence-electron chi connectivity index (χ1n) is 6.74. The molecular weight excluding hydrogens is 306 g/mol. The third-order valence-electron chi connectivity index (χ3n) is 3.95. The van der Waals surface area contributed by atoms with Gasteiger partial charge in [-0.15, -0.1) is 0 Å². The molecule has 1 fully saturated rings. The first-order chi connectivity index (χ1) is 9.11. The van der Waals surface area contributed by atoms with Crippen molar-refractivity contribution in [3.8, 4) is 0 Å². The van der Waals surface area contributed by atoms with Gasteiger partial charge in [0.05, 0.1) is 13.0 Å². The van der Waals surface area contributed by atoms with Crippen molar-refractivity contribution in [2.45, 2.75) is 38.0 Å². The van der Waals surface area contributed by atoms with Crippen molar-refractivity contribution in [2.75, 3.05) is 12.8 Å². The molecule has 0 heterocycles. The van der Waals surface area contributed by atoms with Gasteiger partial charge >= 0.3 is 5.97 Å². The van der Waals surface area contributed by atoms with E-state index in [2.05, 4.69) is 15.9 Å². The fourth-order valence-electron chi connectivity index (χ4n) is 2.92. The van der Waals surface area contributed by atoms with Crippen LogP contribution >= 0.6 is 15.9 Å². The van der Waals surface area contributed by atoms with Crippen LogP contribution < -0.4 is 5.73 Å². The number of nitrogens with two attached hydrogens (primary N) is 1. The predicted molar refractivity (Wildman–Crippen MR) is 79.9 cm³/mol. The highest BCUT2D eigenvalue weighted by Gasteiger charge is 2.28. The summed E-state index contributed by atoms with van der Waals surface area (Å²) in [7, 11) is 1.44. The Morgan fingerprint density at radius 2 is 2.16 bits per heavy atom. The van der Waals surface area contributed by atoms with Crippen molar-refractivity contribution in [1.82, 2.24) is 0 Å². The van der Waals surface area contributed by atoms with Crippen molar-refractivity contribution < 1.29 is 9.53 Å². The minimum Gasteiger partial charge on any atom is -0.469 e. The number of esters is 1. The van der Waals surface area contributed by atoms with Gasteiger partial charge in [-0.3, -0.25) is 4.79 Å². The first-order valence-corrected chi connectivity index (χ1v) is 7.54. The highest BCUT2D eigenvalue weighted by molar-refractivity contribution is 9.10. The zero-order chi connectivity index (χ0) is 13.8. The number of benzene rings is 1. The van der Waals surface area contributed by atoms with Gasteiger partial charge in [0.2, 0.25) is 0 Å². The van der Waals surface area contributed by atoms with Crippen molar-refractivity contribution in [3.63, 3.8) is 0 Å². The summed E-state index contributed by atoms with van der Waals surface area (Å²) in [6.07, 6.45) is 5.80. The molecule has 1 unspecified atom stereocenters. The lowest BCUT2D eigenvalue weighted by molar-refractivity contribution is -0.142. The Hall–Kier alpha value is -1.03. The van der Waals surface area contributed by atoms with Crippen LogP contribution in [0.5, 0.6) is 0 Å². The van der Waals surface area contributed by atoms with E-state index < -0.39 is 0 Å². The van der Waals surface area contributed by atoms with E-state index in [-0.39, 0.29) is 11.9 Å². The molecule has 1 saturated carbocycles. The van der Waals surface area contributed by atoms with Gasteiger partial charge in [0.15, 0.2) is 0 Å². The quantitative estimate of drug-likeness (QED) is 0.675. The van der Waals surface area contributed by atoms with Gasteiger partial charge in [-0.1, -0.05) is 41.6 Å². The van der Waals surface area contributed by atoms with Crippen molar-refractivity contribution in [1.29, 1.82) is 0 Å². The maximum Gasteiger partial charge on any atom is 0.313 e. The zero-order valence-corrected chi connectivity index (χ0v) is 12.8. The molecule has 0 amide bonds. The van der Waals surface area contributed by atoms with E-state index in [9.17, 15) is 4.79 Å². The van der Waals surface area contributed by atoms with Crippen LogP contribution in [0, 0.1) is 5.92 Å². The number of ether oxygens (including phenoxy) is 1. The molecule has 0 saturated heterocycles. The van der Waals surface area contributed by atoms with Gasteiger partial charge in [0, 0.05) is 10.2 Å². The Morgan fingerprint density at radius 1 is 1.47 bits per heavy atom. The Bertz CT molecular complexity index is 455. The highest BCUT2D eigenvalue weighted by atomic mass is 79.9. The number of anilines is 1. The van der Waals surface area contributed by atoms with E-state index >= 15 is 0 Å². The maximum absolute atomic E-state index is 12.1. The van der Waals surface area contributed by atoms with Gasteiger partial charge in [-0.2, -0.15) is 0 Å². The van der Waals surface area contributed by atoms with Gasteiger partial charge in [-0.25, -0.2) is 0 Å². The summed E-state index contributed by atoms with van der Waals surface area (Å²) in [5.41, 5.74) is 7.57. The molecule has 1 aliphatic carbocycles. The molecule has 1 atom stereocenters. The van der Waals surface area contributed by atoms with Crippen LogP contribution in [0.1, 0.15) is 43.6 Å². The topological polar surface area (TPSA) is 52.3 Å². The number of rotatable bonds is 4. The second kappa shape index (κ2) is 6.42. The number of hydrogen-bond donors (Lipinski definition) is 1. The Morgan fingerprint density at radius 3 is 2.79 bits per heavy atom. The van der Waals surface area contributed by atoms with E-state index in [1.165, 1.54) is 32.8 Å². The van der Waals surface area contributed by atoms with Crippen molar-refractivity contribution >= 4 is 27.6 Å². The predicted octanol–water partition coefficient (Wildman–Crippen LogP) is 3.87. The molecule has 0 radical (unpaired) electrons. The Labute approximate surface area is 122 Å². The summed E-state index contributed by atoms with van der Waals surface area (Å²) in [5.74, 6) is 0.185. The minimum absolute atomic E-state index is 0.184. The van der Waals surface area contributed by atoms with Crippen LogP contribution in [0.3, 0.4) is 0 Å². The average Bonchev–Trinajstić information content (AvgIpc) is 2.91. The lowest BCUT2D eigenvalue weighted by atomic mass is 9.87. The third kappa shape index (κ3) is 3.50. The molecule has 0 spiro atoms. The summed E-state index contributed by atoms with van der Waals surface area (Å²) in [4.78, 5) is 12.1. The molecule has 1 aliphatic rings. The summed E-state index contributed by atoms with van der Waals surface area (Å²) in [6, 6.07) is 5.67. The fourth-order valence-corrected chi connectivity index (χ4v) is 3.30. The summed E-state index contributed by atoms with van der Waals surface area (Å²) < 4.78 is 5.90. The van der Waals surface area contributed by atoms with E-state index in [0.29, 0.717) is 11.6 Å². The fraction of sp³-hybridized carbons (Fsp3) is 0.533. The Kier molecular flexibility index (Phi) is 4.86. The molecule has 0 aromatic heterocycles. The van der Waals surface area contributed by atoms with Crippen LogP contribution in [0.25, 0.3) is 0 Å². The van der Waals surface area contributed by atoms with Gasteiger partial charge in [-0.05, 0) is 36.1 Å². The highest BCUT2D eigenvalue weighted by Crippen LogP contribution is 2.37. The molecule has 2 rings (SSSR count). The number of hydrogen-bond acceptors (Lipinski definition) is 3. The summed E-state index contributed by atoms with van der Waals surface area (Å²) in [5, 5.41) is 0. The third-order valence-corrected chi connectivity index (χ3v) is 4.45. The van der Waals surface area contributed by atoms with Gasteiger partial charge in [0.1, 0.15) is 0 Å². The van der Waals surface area contributed by atoms with E-state index in [1.807, 2.05) is 18.2 Å². The molecule has 19 heavy (non-hydrogen) atoms. The molecular formula is C15H20BrNO2. The number of methoxy groups -OCH3 is 1. The molecule has 104 valence electrons. The average molecular weight is 326 g/mol. The monoisotopic (exact) mass is 325 g/mol. The van der Waals surface area contributed by atoms with E-state index in [4.69, 9.17) is 10.5 Å². The van der Waals surface area contributed by atoms with Crippen LogP contribution in [-0.4, -0.2) is 13.1 Å². The standard InChI is InChI=1S/C15H20BrNO2/c1-19-15(18)13(8-10-4-2-3-5-10)12-9-11(16)6-7-14(12)17/h6-7,9-10,13H,2-5,8,17H2,1H3. The second-order valence-corrected chi connectivity index (χ2v) is 6.15. The Balaban J connectivity index is 2.25. The van der Waals surface area contributed by atoms with Crippen LogP contribution in [0.2, 0.25) is 0 Å². The first kappa shape index (κ1) is 14.4. The van der Waals surface area contributed by atoms with Crippen molar-refractivity contribution in [3.05, 3.63) is 28.2 Å². The zero-order valence-electron chi connectivity index (χ0n) is 11.2. The molecule has 1 aromatic carbocycles. The lowest BCUT2D eigenvalue weighted by Gasteiger charge is -2.20. The largest absolute Gasteiger partial charge is 0.469 e. The number of halogens is 1. The molecule has 0 bridgehead atoms. The smallest absolute Gasteiger partial charge is 0.313 e. The molecule has 0 aliphatic heterocycles. The van der Waals surface area contributed by atoms with Crippen LogP contribution in [-0.2, 0) is 9.53 Å². The molecule has 3 nitrogen and oxygen atoms in total. The summed E-state index contributed by atoms with van der Waals surface area (Å²) in [6.45, 7) is 0. The summed E-state index contributed by atoms with van der Waals surface area (Å²) >= 11 is 3.44.